The third-order valence-corrected chi connectivity index (χ3v) is 3.40. The van der Waals surface area contributed by atoms with E-state index in [1.807, 2.05) is 0 Å². The summed E-state index contributed by atoms with van der Waals surface area (Å²) >= 11 is 0.840. The van der Waals surface area contributed by atoms with Crippen molar-refractivity contribution in [3.8, 4) is 17.9 Å². The lowest BCUT2D eigenvalue weighted by atomic mass is 10.1. The summed E-state index contributed by atoms with van der Waals surface area (Å²) < 4.78 is 41.0. The molecule has 2 N–H and O–H groups in total. The molecule has 0 unspecified atom stereocenters. The third kappa shape index (κ3) is 3.30. The summed E-state index contributed by atoms with van der Waals surface area (Å²) in [7, 11) is 0. The molecule has 8 heteroatoms. The number of benzene rings is 1. The largest absolute Gasteiger partial charge is 0.416 e. The van der Waals surface area contributed by atoms with Crippen LogP contribution in [0.3, 0.4) is 0 Å². The van der Waals surface area contributed by atoms with Crippen molar-refractivity contribution >= 4 is 22.2 Å². The Balaban J connectivity index is 2.50. The van der Waals surface area contributed by atoms with Crippen molar-refractivity contribution < 1.29 is 13.2 Å². The van der Waals surface area contributed by atoms with Crippen LogP contribution in [0.2, 0.25) is 0 Å². The Morgan fingerprint density at radius 3 is 2.64 bits per heavy atom. The fourth-order valence-electron chi connectivity index (χ4n) is 1.70. The summed E-state index contributed by atoms with van der Waals surface area (Å²) in [5.41, 5.74) is -1.35. The van der Waals surface area contributed by atoms with Crippen LogP contribution < -0.4 is 10.9 Å². The van der Waals surface area contributed by atoms with E-state index in [1.165, 1.54) is 13.0 Å². The van der Waals surface area contributed by atoms with Crippen molar-refractivity contribution in [3.63, 3.8) is 0 Å². The predicted octanol–water partition coefficient (Wildman–Crippen LogP) is 3.44. The number of nitrogens with one attached hydrogen (secondary N) is 2. The van der Waals surface area contributed by atoms with E-state index in [1.54, 1.807) is 6.07 Å². The molecule has 0 aliphatic heterocycles. The van der Waals surface area contributed by atoms with Gasteiger partial charge in [-0.25, -0.2) is 0 Å². The van der Waals surface area contributed by atoms with Gasteiger partial charge in [0.2, 0.25) is 0 Å². The SMILES string of the molecule is CC#Cc1cc(Nc2s[nH]c(=O)c2C#N)cc(C(F)(F)F)c1. The quantitative estimate of drug-likeness (QED) is 0.832. The lowest BCUT2D eigenvalue weighted by Crippen LogP contribution is -2.07. The lowest BCUT2D eigenvalue weighted by molar-refractivity contribution is -0.137. The summed E-state index contributed by atoms with van der Waals surface area (Å²) in [6.07, 6.45) is -4.52. The van der Waals surface area contributed by atoms with Gasteiger partial charge in [-0.15, -0.1) is 5.92 Å². The van der Waals surface area contributed by atoms with Gasteiger partial charge in [0.15, 0.2) is 5.56 Å². The molecule has 0 fully saturated rings. The highest BCUT2D eigenvalue weighted by Gasteiger charge is 2.31. The molecule has 0 amide bonds. The molecule has 0 aliphatic carbocycles. The average Bonchev–Trinajstić information content (AvgIpc) is 2.78. The zero-order chi connectivity index (χ0) is 16.3. The number of halogens is 3. The summed E-state index contributed by atoms with van der Waals surface area (Å²) in [6.45, 7) is 1.51. The molecular formula is C14H8F3N3OS. The molecule has 1 heterocycles. The number of alkyl halides is 3. The highest BCUT2D eigenvalue weighted by molar-refractivity contribution is 7.10. The van der Waals surface area contributed by atoms with Gasteiger partial charge in [0, 0.05) is 11.3 Å². The molecule has 0 aliphatic rings. The average molecular weight is 323 g/mol. The Labute approximate surface area is 127 Å². The van der Waals surface area contributed by atoms with E-state index in [9.17, 15) is 18.0 Å². The van der Waals surface area contributed by atoms with Crippen molar-refractivity contribution in [1.29, 1.82) is 5.26 Å². The van der Waals surface area contributed by atoms with Crippen LogP contribution in [0.5, 0.6) is 0 Å². The molecule has 0 saturated carbocycles. The van der Waals surface area contributed by atoms with Gasteiger partial charge in [0.25, 0.3) is 5.56 Å². The molecule has 0 spiro atoms. The smallest absolute Gasteiger partial charge is 0.345 e. The first-order valence-corrected chi connectivity index (χ1v) is 6.70. The Kier molecular flexibility index (Phi) is 4.25. The maximum atomic E-state index is 12.9. The summed E-state index contributed by atoms with van der Waals surface area (Å²) in [6, 6.07) is 4.95. The molecule has 0 saturated heterocycles. The van der Waals surface area contributed by atoms with E-state index in [2.05, 4.69) is 21.5 Å². The number of aromatic nitrogens is 1. The Bertz CT molecular complexity index is 862. The van der Waals surface area contributed by atoms with E-state index in [-0.39, 0.29) is 21.8 Å². The molecule has 2 rings (SSSR count). The number of hydrogen-bond acceptors (Lipinski definition) is 4. The highest BCUT2D eigenvalue weighted by atomic mass is 32.1. The van der Waals surface area contributed by atoms with Gasteiger partial charge in [-0.2, -0.15) is 18.4 Å². The Hall–Kier alpha value is -2.71. The standard InChI is InChI=1S/C14H8F3N3OS/c1-2-3-8-4-9(14(15,16)17)6-10(5-8)19-13-11(7-18)12(21)20-22-13/h4-6,19H,1H3,(H,20,21). The molecule has 22 heavy (non-hydrogen) atoms. The van der Waals surface area contributed by atoms with Gasteiger partial charge in [-0.3, -0.25) is 9.17 Å². The first-order valence-electron chi connectivity index (χ1n) is 5.88. The zero-order valence-electron chi connectivity index (χ0n) is 11.1. The van der Waals surface area contributed by atoms with Gasteiger partial charge in [0.1, 0.15) is 11.1 Å². The molecule has 2 aromatic rings. The second kappa shape index (κ2) is 5.96. The van der Waals surface area contributed by atoms with Crippen molar-refractivity contribution in [1.82, 2.24) is 4.37 Å². The van der Waals surface area contributed by atoms with E-state index < -0.39 is 17.3 Å². The van der Waals surface area contributed by atoms with E-state index in [4.69, 9.17) is 5.26 Å². The van der Waals surface area contributed by atoms with Crippen LogP contribution in [-0.4, -0.2) is 4.37 Å². The van der Waals surface area contributed by atoms with Gasteiger partial charge in [-0.1, -0.05) is 5.92 Å². The molecular weight excluding hydrogens is 315 g/mol. The monoisotopic (exact) mass is 323 g/mol. The second-order valence-electron chi connectivity index (χ2n) is 4.15. The molecule has 1 aromatic heterocycles. The molecule has 1 aromatic carbocycles. The van der Waals surface area contributed by atoms with Crippen LogP contribution in [0.25, 0.3) is 0 Å². The topological polar surface area (TPSA) is 68.7 Å². The third-order valence-electron chi connectivity index (χ3n) is 2.60. The first-order chi connectivity index (χ1) is 10.3. The minimum Gasteiger partial charge on any atom is -0.345 e. The molecule has 0 atom stereocenters. The van der Waals surface area contributed by atoms with Crippen LogP contribution in [0.4, 0.5) is 23.9 Å². The normalized spacial score (nSPS) is 10.5. The van der Waals surface area contributed by atoms with Gasteiger partial charge in [0.05, 0.1) is 5.56 Å². The zero-order valence-corrected chi connectivity index (χ0v) is 11.9. The van der Waals surface area contributed by atoms with Gasteiger partial charge >= 0.3 is 6.18 Å². The summed E-state index contributed by atoms with van der Waals surface area (Å²) in [5, 5.41) is 11.7. The van der Waals surface area contributed by atoms with Gasteiger partial charge < -0.3 is 5.32 Å². The van der Waals surface area contributed by atoms with Crippen LogP contribution in [0.1, 0.15) is 23.6 Å². The maximum absolute atomic E-state index is 12.9. The van der Waals surface area contributed by atoms with Crippen LogP contribution in [-0.2, 0) is 6.18 Å². The van der Waals surface area contributed by atoms with Crippen molar-refractivity contribution in [2.75, 3.05) is 5.32 Å². The van der Waals surface area contributed by atoms with Crippen LogP contribution in [0, 0.1) is 23.2 Å². The van der Waals surface area contributed by atoms with E-state index in [0.29, 0.717) is 0 Å². The van der Waals surface area contributed by atoms with Crippen molar-refractivity contribution in [2.45, 2.75) is 13.1 Å². The number of anilines is 2. The molecule has 0 radical (unpaired) electrons. The maximum Gasteiger partial charge on any atom is 0.416 e. The van der Waals surface area contributed by atoms with Crippen molar-refractivity contribution in [2.24, 2.45) is 0 Å². The van der Waals surface area contributed by atoms with Gasteiger partial charge in [-0.05, 0) is 36.7 Å². The van der Waals surface area contributed by atoms with Crippen molar-refractivity contribution in [3.05, 3.63) is 45.2 Å². The number of H-pyrrole nitrogens is 1. The molecule has 112 valence electrons. The number of nitrogens with zero attached hydrogens (tertiary/aromatic N) is 1. The van der Waals surface area contributed by atoms with Crippen LogP contribution in [0.15, 0.2) is 23.0 Å². The summed E-state index contributed by atoms with van der Waals surface area (Å²) in [5.74, 6) is 5.09. The molecule has 0 bridgehead atoms. The van der Waals surface area contributed by atoms with E-state index in [0.717, 1.165) is 23.7 Å². The number of aromatic amines is 1. The fraction of sp³-hybridized carbons (Fsp3) is 0.143. The summed E-state index contributed by atoms with van der Waals surface area (Å²) in [4.78, 5) is 11.3. The lowest BCUT2D eigenvalue weighted by Gasteiger charge is -2.11. The Morgan fingerprint density at radius 2 is 2.05 bits per heavy atom. The predicted molar refractivity (Wildman–Crippen MR) is 76.9 cm³/mol. The second-order valence-corrected chi connectivity index (χ2v) is 4.96. The number of hydrogen-bond donors (Lipinski definition) is 2. The van der Waals surface area contributed by atoms with E-state index >= 15 is 0 Å². The minimum atomic E-state index is -4.52. The molecule has 4 nitrogen and oxygen atoms in total. The first kappa shape index (κ1) is 15.7. The Morgan fingerprint density at radius 1 is 1.32 bits per heavy atom. The fourth-order valence-corrected chi connectivity index (χ4v) is 2.41. The number of nitriles is 1. The number of rotatable bonds is 2. The van der Waals surface area contributed by atoms with Crippen LogP contribution >= 0.6 is 11.5 Å². The minimum absolute atomic E-state index is 0.0966. The highest BCUT2D eigenvalue weighted by Crippen LogP contribution is 2.33.